The van der Waals surface area contributed by atoms with Gasteiger partial charge in [0, 0.05) is 6.61 Å². The summed E-state index contributed by atoms with van der Waals surface area (Å²) >= 11 is 0. The van der Waals surface area contributed by atoms with E-state index in [2.05, 4.69) is 26.0 Å². The van der Waals surface area contributed by atoms with E-state index in [1.807, 2.05) is 0 Å². The largest absolute Gasteiger partial charge is 0.396 e. The van der Waals surface area contributed by atoms with Gasteiger partial charge in [-0.05, 0) is 38.0 Å². The Morgan fingerprint density at radius 2 is 1.18 bits per heavy atom. The van der Waals surface area contributed by atoms with E-state index in [0.717, 1.165) is 6.42 Å². The van der Waals surface area contributed by atoms with Gasteiger partial charge in [0.05, 0.1) is 0 Å². The quantitative estimate of drug-likeness (QED) is 0.225. The number of rotatable bonds is 17. The molecule has 0 aliphatic heterocycles. The van der Waals surface area contributed by atoms with Crippen LogP contribution < -0.4 is 0 Å². The molecule has 1 unspecified atom stereocenters. The van der Waals surface area contributed by atoms with Crippen molar-refractivity contribution in [1.29, 1.82) is 0 Å². The molecule has 0 spiro atoms. The van der Waals surface area contributed by atoms with Crippen molar-refractivity contribution in [2.75, 3.05) is 6.61 Å². The lowest BCUT2D eigenvalue weighted by Crippen LogP contribution is -2.03. The molecule has 0 aliphatic carbocycles. The molecule has 0 aliphatic rings. The first kappa shape index (κ1) is 21.7. The highest BCUT2D eigenvalue weighted by Gasteiger charge is 2.03. The zero-order valence-electron chi connectivity index (χ0n) is 15.5. The van der Waals surface area contributed by atoms with Gasteiger partial charge in [-0.3, -0.25) is 0 Å². The summed E-state index contributed by atoms with van der Waals surface area (Å²) in [7, 11) is 0. The molecule has 0 heterocycles. The molecule has 0 aromatic carbocycles. The van der Waals surface area contributed by atoms with Crippen LogP contribution in [-0.2, 0) is 0 Å². The molecule has 0 aromatic rings. The van der Waals surface area contributed by atoms with E-state index in [1.165, 1.54) is 89.9 Å². The predicted molar refractivity (Wildman–Crippen MR) is 100 cm³/mol. The van der Waals surface area contributed by atoms with Gasteiger partial charge in [-0.2, -0.15) is 0 Å². The van der Waals surface area contributed by atoms with Crippen LogP contribution in [0, 0.1) is 5.92 Å². The third kappa shape index (κ3) is 16.1. The molecule has 0 rings (SSSR count). The first-order valence-electron chi connectivity index (χ1n) is 10.1. The molecule has 0 saturated heterocycles. The van der Waals surface area contributed by atoms with E-state index >= 15 is 0 Å². The first-order chi connectivity index (χ1) is 10.8. The van der Waals surface area contributed by atoms with E-state index in [4.69, 9.17) is 5.11 Å². The summed E-state index contributed by atoms with van der Waals surface area (Å²) in [4.78, 5) is 0. The molecule has 22 heavy (non-hydrogen) atoms. The van der Waals surface area contributed by atoms with E-state index in [0.29, 0.717) is 12.5 Å². The van der Waals surface area contributed by atoms with Gasteiger partial charge in [0.15, 0.2) is 0 Å². The second kappa shape index (κ2) is 18.7. The summed E-state index contributed by atoms with van der Waals surface area (Å²) in [5.74, 6) is 0.546. The molecule has 0 aromatic heterocycles. The maximum Gasteiger partial charge on any atom is 0.0459 e. The van der Waals surface area contributed by atoms with Crippen LogP contribution in [0.25, 0.3) is 0 Å². The zero-order chi connectivity index (χ0) is 16.3. The van der Waals surface area contributed by atoms with Gasteiger partial charge in [0.25, 0.3) is 0 Å². The number of hydrogen-bond acceptors (Lipinski definition) is 1. The highest BCUT2D eigenvalue weighted by atomic mass is 16.3. The lowest BCUT2D eigenvalue weighted by molar-refractivity contribution is 0.211. The van der Waals surface area contributed by atoms with Crippen molar-refractivity contribution in [3.8, 4) is 0 Å². The van der Waals surface area contributed by atoms with Crippen molar-refractivity contribution in [1.82, 2.24) is 0 Å². The topological polar surface area (TPSA) is 20.2 Å². The van der Waals surface area contributed by atoms with Gasteiger partial charge in [-0.15, -0.1) is 0 Å². The van der Waals surface area contributed by atoms with Crippen molar-refractivity contribution in [3.05, 3.63) is 12.2 Å². The summed E-state index contributed by atoms with van der Waals surface area (Å²) in [5.41, 5.74) is 0. The van der Waals surface area contributed by atoms with Gasteiger partial charge >= 0.3 is 0 Å². The minimum Gasteiger partial charge on any atom is -0.396 e. The zero-order valence-corrected chi connectivity index (χ0v) is 15.5. The Labute approximate surface area is 140 Å². The fraction of sp³-hybridized carbons (Fsp3) is 0.905. The van der Waals surface area contributed by atoms with Crippen LogP contribution in [0.1, 0.15) is 110 Å². The smallest absolute Gasteiger partial charge is 0.0459 e. The molecular weight excluding hydrogens is 268 g/mol. The van der Waals surface area contributed by atoms with Gasteiger partial charge in [-0.25, -0.2) is 0 Å². The number of aliphatic hydroxyl groups excluding tert-OH is 1. The predicted octanol–water partition coefficient (Wildman–Crippen LogP) is 7.04. The molecule has 0 bridgehead atoms. The normalized spacial score (nSPS) is 13.0. The average Bonchev–Trinajstić information content (AvgIpc) is 2.55. The summed E-state index contributed by atoms with van der Waals surface area (Å²) in [6, 6.07) is 0. The van der Waals surface area contributed by atoms with Crippen LogP contribution in [0.4, 0.5) is 0 Å². The summed E-state index contributed by atoms with van der Waals surface area (Å²) in [5, 5.41) is 9.13. The highest BCUT2D eigenvalue weighted by molar-refractivity contribution is 4.81. The van der Waals surface area contributed by atoms with Crippen LogP contribution >= 0.6 is 0 Å². The van der Waals surface area contributed by atoms with Crippen LogP contribution in [0.15, 0.2) is 12.2 Å². The minimum atomic E-state index is 0.375. The Kier molecular flexibility index (Phi) is 18.5. The summed E-state index contributed by atoms with van der Waals surface area (Å²) in [6.07, 6.45) is 24.8. The molecule has 132 valence electrons. The van der Waals surface area contributed by atoms with Crippen LogP contribution in [0.2, 0.25) is 0 Å². The molecule has 0 radical (unpaired) electrons. The van der Waals surface area contributed by atoms with Crippen LogP contribution in [0.5, 0.6) is 0 Å². The standard InChI is InChI=1S/C21H42O/c1-3-5-6-7-8-9-10-11-12-13-14-15-16-17-18-19-21(4-2)20-22/h11-12,21-22H,3-10,13-20H2,1-2H3/b12-11-. The Morgan fingerprint density at radius 1 is 0.682 bits per heavy atom. The van der Waals surface area contributed by atoms with E-state index in [9.17, 15) is 0 Å². The molecule has 1 heteroatoms. The number of aliphatic hydroxyl groups is 1. The molecule has 1 nitrogen and oxygen atoms in total. The monoisotopic (exact) mass is 310 g/mol. The maximum absolute atomic E-state index is 9.13. The van der Waals surface area contributed by atoms with Crippen molar-refractivity contribution >= 4 is 0 Å². The summed E-state index contributed by atoms with van der Waals surface area (Å²) < 4.78 is 0. The van der Waals surface area contributed by atoms with E-state index in [1.54, 1.807) is 0 Å². The maximum atomic E-state index is 9.13. The number of hydrogen-bond donors (Lipinski definition) is 1. The molecule has 0 amide bonds. The van der Waals surface area contributed by atoms with Gasteiger partial charge in [-0.1, -0.05) is 90.2 Å². The Morgan fingerprint density at radius 3 is 1.68 bits per heavy atom. The highest BCUT2D eigenvalue weighted by Crippen LogP contribution is 2.14. The fourth-order valence-corrected chi connectivity index (χ4v) is 2.93. The second-order valence-corrected chi connectivity index (χ2v) is 6.83. The second-order valence-electron chi connectivity index (χ2n) is 6.83. The molecule has 0 fully saturated rings. The first-order valence-corrected chi connectivity index (χ1v) is 10.1. The van der Waals surface area contributed by atoms with Gasteiger partial charge in [0.2, 0.25) is 0 Å². The molecule has 1 N–H and O–H groups in total. The lowest BCUT2D eigenvalue weighted by Gasteiger charge is -2.10. The molecule has 1 atom stereocenters. The Bertz CT molecular complexity index is 218. The van der Waals surface area contributed by atoms with Crippen molar-refractivity contribution in [3.63, 3.8) is 0 Å². The summed E-state index contributed by atoms with van der Waals surface area (Å²) in [6.45, 7) is 4.83. The van der Waals surface area contributed by atoms with Crippen molar-refractivity contribution in [2.45, 2.75) is 110 Å². The van der Waals surface area contributed by atoms with E-state index < -0.39 is 0 Å². The Balaban J connectivity index is 3.14. The molecular formula is C21H42O. The lowest BCUT2D eigenvalue weighted by atomic mass is 9.99. The molecule has 0 saturated carbocycles. The van der Waals surface area contributed by atoms with E-state index in [-0.39, 0.29) is 0 Å². The van der Waals surface area contributed by atoms with Crippen LogP contribution in [0.3, 0.4) is 0 Å². The third-order valence-electron chi connectivity index (χ3n) is 4.71. The van der Waals surface area contributed by atoms with Crippen molar-refractivity contribution < 1.29 is 5.11 Å². The van der Waals surface area contributed by atoms with Crippen molar-refractivity contribution in [2.24, 2.45) is 5.92 Å². The third-order valence-corrected chi connectivity index (χ3v) is 4.71. The van der Waals surface area contributed by atoms with Crippen LogP contribution in [-0.4, -0.2) is 11.7 Å². The number of allylic oxidation sites excluding steroid dienone is 2. The average molecular weight is 311 g/mol. The SMILES string of the molecule is CCCCCCCC/C=C\CCCCCCCC(CC)CO. The fourth-order valence-electron chi connectivity index (χ4n) is 2.93. The van der Waals surface area contributed by atoms with Gasteiger partial charge in [0.1, 0.15) is 0 Å². The minimum absolute atomic E-state index is 0.375. The van der Waals surface area contributed by atoms with Gasteiger partial charge < -0.3 is 5.11 Å². The Hall–Kier alpha value is -0.300. The number of unbranched alkanes of at least 4 members (excludes halogenated alkanes) is 11.